The molecule has 6 heteroatoms. The molecule has 1 fully saturated rings. The van der Waals surface area contributed by atoms with Crippen molar-refractivity contribution >= 4 is 15.9 Å². The summed E-state index contributed by atoms with van der Waals surface area (Å²) >= 11 is 0. The first kappa shape index (κ1) is 18.6. The van der Waals surface area contributed by atoms with Crippen LogP contribution in [0, 0.1) is 6.92 Å². The largest absolute Gasteiger partial charge is 0.344 e. The molecule has 2 aromatic carbocycles. The Morgan fingerprint density at radius 2 is 1.69 bits per heavy atom. The molecule has 1 aliphatic heterocycles. The van der Waals surface area contributed by atoms with E-state index in [1.54, 1.807) is 0 Å². The van der Waals surface area contributed by atoms with E-state index in [0.29, 0.717) is 19.4 Å². The lowest BCUT2D eigenvalue weighted by Gasteiger charge is -2.25. The maximum Gasteiger partial charge on any atom is 0.239 e. The van der Waals surface area contributed by atoms with Crippen LogP contribution in [0.4, 0.5) is 0 Å². The molecule has 1 N–H and O–H groups in total. The molecule has 138 valence electrons. The highest BCUT2D eigenvalue weighted by atomic mass is 32.2. The van der Waals surface area contributed by atoms with E-state index in [9.17, 15) is 13.2 Å². The Bertz CT molecular complexity index is 864. The molecule has 0 saturated carbocycles. The van der Waals surface area contributed by atoms with Crippen LogP contribution in [0.3, 0.4) is 0 Å². The lowest BCUT2D eigenvalue weighted by Crippen LogP contribution is -2.46. The van der Waals surface area contributed by atoms with E-state index in [1.165, 1.54) is 4.31 Å². The first-order valence-corrected chi connectivity index (χ1v) is 10.6. The van der Waals surface area contributed by atoms with E-state index in [0.717, 1.165) is 22.9 Å². The zero-order valence-corrected chi connectivity index (χ0v) is 15.9. The van der Waals surface area contributed by atoms with E-state index in [1.807, 2.05) is 61.5 Å². The van der Waals surface area contributed by atoms with E-state index >= 15 is 0 Å². The molecule has 26 heavy (non-hydrogen) atoms. The number of nitrogens with zero attached hydrogens (tertiary/aromatic N) is 1. The maximum absolute atomic E-state index is 12.9. The highest BCUT2D eigenvalue weighted by Crippen LogP contribution is 2.25. The van der Waals surface area contributed by atoms with Gasteiger partial charge in [0.25, 0.3) is 0 Å². The van der Waals surface area contributed by atoms with Crippen LogP contribution in [-0.4, -0.2) is 37.5 Å². The summed E-state index contributed by atoms with van der Waals surface area (Å²) in [6.45, 7) is 2.42. The van der Waals surface area contributed by atoms with Gasteiger partial charge in [-0.3, -0.25) is 4.79 Å². The van der Waals surface area contributed by atoms with E-state index < -0.39 is 16.1 Å². The first-order valence-electron chi connectivity index (χ1n) is 8.75. The van der Waals surface area contributed by atoms with E-state index in [4.69, 9.17) is 0 Å². The Morgan fingerprint density at radius 3 is 2.31 bits per heavy atom. The molecule has 0 aromatic heterocycles. The molecule has 0 radical (unpaired) electrons. The number of hydrogen-bond donors (Lipinski definition) is 1. The van der Waals surface area contributed by atoms with Gasteiger partial charge in [-0.15, -0.1) is 0 Å². The summed E-state index contributed by atoms with van der Waals surface area (Å²) in [4.78, 5) is 12.9. The molecular formula is C20H24N2O3S. The van der Waals surface area contributed by atoms with Crippen LogP contribution in [0.5, 0.6) is 0 Å². The van der Waals surface area contributed by atoms with Crippen molar-refractivity contribution in [1.82, 2.24) is 9.62 Å². The second-order valence-electron chi connectivity index (χ2n) is 6.79. The number of sulfonamides is 1. The van der Waals surface area contributed by atoms with Crippen LogP contribution >= 0.6 is 0 Å². The fraction of sp³-hybridized carbons (Fsp3) is 0.350. The third-order valence-electron chi connectivity index (χ3n) is 4.76. The Kier molecular flexibility index (Phi) is 5.44. The quantitative estimate of drug-likeness (QED) is 0.877. The third kappa shape index (κ3) is 4.14. The van der Waals surface area contributed by atoms with Crippen molar-refractivity contribution in [3.8, 4) is 0 Å². The summed E-state index contributed by atoms with van der Waals surface area (Å²) in [5.41, 5.74) is 3.08. The summed E-state index contributed by atoms with van der Waals surface area (Å²) in [6.07, 6.45) is 2.41. The number of carbonyl (C=O) groups is 1. The SMILES string of the molecule is Cc1ccc(C(NC(=O)C2CCCN2S(C)(=O)=O)c2ccccc2)cc1. The highest BCUT2D eigenvalue weighted by molar-refractivity contribution is 7.88. The average molecular weight is 372 g/mol. The number of rotatable bonds is 5. The predicted octanol–water partition coefficient (Wildman–Crippen LogP) is 2.62. The smallest absolute Gasteiger partial charge is 0.239 e. The van der Waals surface area contributed by atoms with Gasteiger partial charge in [0.15, 0.2) is 0 Å². The van der Waals surface area contributed by atoms with Crippen LogP contribution in [0.1, 0.15) is 35.6 Å². The van der Waals surface area contributed by atoms with Gasteiger partial charge in [-0.25, -0.2) is 8.42 Å². The Hall–Kier alpha value is -2.18. The number of carbonyl (C=O) groups excluding carboxylic acids is 1. The lowest BCUT2D eigenvalue weighted by atomic mass is 9.97. The number of hydrogen-bond acceptors (Lipinski definition) is 3. The molecule has 2 aromatic rings. The monoisotopic (exact) mass is 372 g/mol. The van der Waals surface area contributed by atoms with Gasteiger partial charge in [0, 0.05) is 6.54 Å². The molecule has 5 nitrogen and oxygen atoms in total. The fourth-order valence-electron chi connectivity index (χ4n) is 3.40. The van der Waals surface area contributed by atoms with Gasteiger partial charge in [0.1, 0.15) is 6.04 Å². The molecule has 2 unspecified atom stereocenters. The van der Waals surface area contributed by atoms with Gasteiger partial charge in [0.05, 0.1) is 12.3 Å². The van der Waals surface area contributed by atoms with Gasteiger partial charge in [-0.2, -0.15) is 4.31 Å². The van der Waals surface area contributed by atoms with Gasteiger partial charge >= 0.3 is 0 Å². The minimum atomic E-state index is -3.39. The predicted molar refractivity (Wildman–Crippen MR) is 102 cm³/mol. The molecule has 3 rings (SSSR count). The van der Waals surface area contributed by atoms with Crippen molar-refractivity contribution < 1.29 is 13.2 Å². The van der Waals surface area contributed by atoms with Crippen LogP contribution < -0.4 is 5.32 Å². The molecule has 0 spiro atoms. The van der Waals surface area contributed by atoms with Gasteiger partial charge in [-0.1, -0.05) is 60.2 Å². The number of nitrogens with one attached hydrogen (secondary N) is 1. The number of benzene rings is 2. The molecule has 2 atom stereocenters. The van der Waals surface area contributed by atoms with Crippen molar-refractivity contribution in [2.45, 2.75) is 31.8 Å². The van der Waals surface area contributed by atoms with Crippen molar-refractivity contribution in [3.05, 3.63) is 71.3 Å². The van der Waals surface area contributed by atoms with E-state index in [-0.39, 0.29) is 11.9 Å². The third-order valence-corrected chi connectivity index (χ3v) is 6.05. The van der Waals surface area contributed by atoms with Crippen molar-refractivity contribution in [2.75, 3.05) is 12.8 Å². The first-order chi connectivity index (χ1) is 12.4. The Balaban J connectivity index is 1.88. The lowest BCUT2D eigenvalue weighted by molar-refractivity contribution is -0.124. The van der Waals surface area contributed by atoms with Crippen molar-refractivity contribution in [3.63, 3.8) is 0 Å². The molecule has 0 aliphatic carbocycles. The molecule has 1 saturated heterocycles. The van der Waals surface area contributed by atoms with Crippen LogP contribution in [0.15, 0.2) is 54.6 Å². The molecular weight excluding hydrogens is 348 g/mol. The zero-order valence-electron chi connectivity index (χ0n) is 15.1. The Labute approximate surface area is 155 Å². The number of amides is 1. The maximum atomic E-state index is 12.9. The second-order valence-corrected chi connectivity index (χ2v) is 8.73. The van der Waals surface area contributed by atoms with Crippen LogP contribution in [0.25, 0.3) is 0 Å². The minimum absolute atomic E-state index is 0.248. The van der Waals surface area contributed by atoms with Gasteiger partial charge in [0.2, 0.25) is 15.9 Å². The minimum Gasteiger partial charge on any atom is -0.344 e. The summed E-state index contributed by atoms with van der Waals surface area (Å²) in [5.74, 6) is -0.248. The summed E-state index contributed by atoms with van der Waals surface area (Å²) < 4.78 is 25.2. The normalized spacial score (nSPS) is 19.2. The van der Waals surface area contributed by atoms with Crippen molar-refractivity contribution in [1.29, 1.82) is 0 Å². The summed E-state index contributed by atoms with van der Waals surface area (Å²) in [5, 5.41) is 3.07. The Morgan fingerprint density at radius 1 is 1.08 bits per heavy atom. The topological polar surface area (TPSA) is 66.5 Å². The molecule has 0 bridgehead atoms. The molecule has 1 amide bonds. The number of aryl methyl sites for hydroxylation is 1. The fourth-order valence-corrected chi connectivity index (χ4v) is 4.53. The standard InChI is InChI=1S/C20H24N2O3S/c1-15-10-12-17(13-11-15)19(16-7-4-3-5-8-16)21-20(23)18-9-6-14-22(18)26(2,24)25/h3-5,7-8,10-13,18-19H,6,9,14H2,1-2H3,(H,21,23). The second kappa shape index (κ2) is 7.60. The van der Waals surface area contributed by atoms with Gasteiger partial charge in [-0.05, 0) is 30.9 Å². The van der Waals surface area contributed by atoms with Crippen LogP contribution in [0.2, 0.25) is 0 Å². The van der Waals surface area contributed by atoms with Gasteiger partial charge < -0.3 is 5.32 Å². The molecule has 1 aliphatic rings. The highest BCUT2D eigenvalue weighted by Gasteiger charge is 2.37. The molecule has 1 heterocycles. The van der Waals surface area contributed by atoms with Crippen LogP contribution in [-0.2, 0) is 14.8 Å². The van der Waals surface area contributed by atoms with Crippen molar-refractivity contribution in [2.24, 2.45) is 0 Å². The van der Waals surface area contributed by atoms with E-state index in [2.05, 4.69) is 5.32 Å². The summed E-state index contributed by atoms with van der Waals surface area (Å²) in [7, 11) is -3.39. The zero-order chi connectivity index (χ0) is 18.7. The average Bonchev–Trinajstić information content (AvgIpc) is 3.11. The summed E-state index contributed by atoms with van der Waals surface area (Å²) in [6, 6.07) is 16.8.